The molecule has 0 bridgehead atoms. The Bertz CT molecular complexity index is 281. The van der Waals surface area contributed by atoms with Crippen LogP contribution in [-0.2, 0) is 0 Å². The van der Waals surface area contributed by atoms with Crippen LogP contribution in [0.5, 0.6) is 0 Å². The van der Waals surface area contributed by atoms with Crippen molar-refractivity contribution in [2.75, 3.05) is 26.2 Å². The summed E-state index contributed by atoms with van der Waals surface area (Å²) < 4.78 is 0. The maximum absolute atomic E-state index is 3.87. The highest BCUT2D eigenvalue weighted by molar-refractivity contribution is 4.87. The normalized spacial score (nSPS) is 33.0. The van der Waals surface area contributed by atoms with Gasteiger partial charge in [-0.05, 0) is 69.0 Å². The van der Waals surface area contributed by atoms with Crippen molar-refractivity contribution in [1.82, 2.24) is 10.2 Å². The van der Waals surface area contributed by atoms with E-state index in [-0.39, 0.29) is 0 Å². The van der Waals surface area contributed by atoms with Crippen molar-refractivity contribution in [1.29, 1.82) is 0 Å². The van der Waals surface area contributed by atoms with E-state index in [0.717, 1.165) is 17.9 Å². The van der Waals surface area contributed by atoms with Crippen molar-refractivity contribution >= 4 is 0 Å². The van der Waals surface area contributed by atoms with Gasteiger partial charge in [-0.3, -0.25) is 0 Å². The molecular weight excluding hydrogens is 244 g/mol. The van der Waals surface area contributed by atoms with Crippen molar-refractivity contribution in [2.45, 2.75) is 72.3 Å². The predicted octanol–water partition coefficient (Wildman–Crippen LogP) is 3.91. The van der Waals surface area contributed by atoms with E-state index in [1.54, 1.807) is 0 Å². The molecule has 1 saturated carbocycles. The molecule has 2 nitrogen and oxygen atoms in total. The molecule has 3 unspecified atom stereocenters. The van der Waals surface area contributed by atoms with Crippen molar-refractivity contribution in [2.24, 2.45) is 17.3 Å². The molecule has 1 heterocycles. The molecule has 2 rings (SSSR count). The standard InChI is InChI=1S/C18H36N2/c1-15(14-20-10-6-5-7-11-20)13-19-17-8-9-18(3,4)12-16(17)2/h15-17,19H,5-14H2,1-4H3. The van der Waals surface area contributed by atoms with Crippen molar-refractivity contribution in [3.05, 3.63) is 0 Å². The zero-order chi connectivity index (χ0) is 14.6. The van der Waals surface area contributed by atoms with E-state index in [2.05, 4.69) is 37.9 Å². The van der Waals surface area contributed by atoms with Crippen molar-refractivity contribution < 1.29 is 0 Å². The van der Waals surface area contributed by atoms with Crippen LogP contribution in [0, 0.1) is 17.3 Å². The predicted molar refractivity (Wildman–Crippen MR) is 88.0 cm³/mol. The first kappa shape index (κ1) is 16.3. The van der Waals surface area contributed by atoms with Crippen LogP contribution >= 0.6 is 0 Å². The van der Waals surface area contributed by atoms with Crippen LogP contribution in [-0.4, -0.2) is 37.1 Å². The van der Waals surface area contributed by atoms with E-state index in [1.165, 1.54) is 64.7 Å². The second kappa shape index (κ2) is 7.26. The molecule has 0 spiro atoms. The third-order valence-corrected chi connectivity index (χ3v) is 5.44. The van der Waals surface area contributed by atoms with Gasteiger partial charge < -0.3 is 10.2 Å². The molecule has 118 valence electrons. The molecule has 2 heteroatoms. The molecule has 0 amide bonds. The first-order valence-corrected chi connectivity index (χ1v) is 8.92. The van der Waals surface area contributed by atoms with E-state index >= 15 is 0 Å². The minimum absolute atomic E-state index is 0.566. The summed E-state index contributed by atoms with van der Waals surface area (Å²) in [4.78, 5) is 2.67. The largest absolute Gasteiger partial charge is 0.313 e. The third-order valence-electron chi connectivity index (χ3n) is 5.44. The minimum Gasteiger partial charge on any atom is -0.313 e. The minimum atomic E-state index is 0.566. The number of nitrogens with zero attached hydrogens (tertiary/aromatic N) is 1. The molecule has 1 saturated heterocycles. The van der Waals surface area contributed by atoms with Crippen LogP contribution in [0.4, 0.5) is 0 Å². The molecular formula is C18H36N2. The van der Waals surface area contributed by atoms with Gasteiger partial charge in [0, 0.05) is 12.6 Å². The molecule has 3 atom stereocenters. The Hall–Kier alpha value is -0.0800. The second-order valence-corrected chi connectivity index (χ2v) is 8.37. The average molecular weight is 280 g/mol. The number of hydrogen-bond donors (Lipinski definition) is 1. The zero-order valence-electron chi connectivity index (χ0n) is 14.3. The summed E-state index contributed by atoms with van der Waals surface area (Å²) in [7, 11) is 0. The monoisotopic (exact) mass is 280 g/mol. The Kier molecular flexibility index (Phi) is 5.92. The molecule has 0 aromatic heterocycles. The van der Waals surface area contributed by atoms with Crippen LogP contribution in [0.1, 0.15) is 66.2 Å². The van der Waals surface area contributed by atoms with E-state index < -0.39 is 0 Å². The highest BCUT2D eigenvalue weighted by atomic mass is 15.1. The second-order valence-electron chi connectivity index (χ2n) is 8.37. The van der Waals surface area contributed by atoms with Crippen LogP contribution in [0.15, 0.2) is 0 Å². The maximum Gasteiger partial charge on any atom is 0.00932 e. The summed E-state index contributed by atoms with van der Waals surface area (Å²) in [6, 6.07) is 0.756. The first-order chi connectivity index (χ1) is 9.46. The topological polar surface area (TPSA) is 15.3 Å². The Labute approximate surface area is 126 Å². The van der Waals surface area contributed by atoms with Crippen LogP contribution in [0.3, 0.4) is 0 Å². The molecule has 0 aromatic carbocycles. The van der Waals surface area contributed by atoms with E-state index in [1.807, 2.05) is 0 Å². The third kappa shape index (κ3) is 5.04. The van der Waals surface area contributed by atoms with Gasteiger partial charge in [0.25, 0.3) is 0 Å². The molecule has 1 aliphatic heterocycles. The van der Waals surface area contributed by atoms with Crippen LogP contribution in [0.2, 0.25) is 0 Å². The molecule has 0 radical (unpaired) electrons. The summed E-state index contributed by atoms with van der Waals surface area (Å²) in [5.41, 5.74) is 0.566. The SMILES string of the molecule is CC(CNC1CCC(C)(C)CC1C)CN1CCCCC1. The number of hydrogen-bond acceptors (Lipinski definition) is 2. The summed E-state index contributed by atoms with van der Waals surface area (Å²) in [6.07, 6.45) is 8.40. The average Bonchev–Trinajstić information content (AvgIpc) is 2.38. The highest BCUT2D eigenvalue weighted by Gasteiger charge is 2.32. The maximum atomic E-state index is 3.87. The summed E-state index contributed by atoms with van der Waals surface area (Å²) >= 11 is 0. The summed E-state index contributed by atoms with van der Waals surface area (Å²) in [5, 5.41) is 3.87. The van der Waals surface area contributed by atoms with Gasteiger partial charge in [-0.25, -0.2) is 0 Å². The van der Waals surface area contributed by atoms with Gasteiger partial charge in [0.2, 0.25) is 0 Å². The van der Waals surface area contributed by atoms with Gasteiger partial charge in [-0.2, -0.15) is 0 Å². The van der Waals surface area contributed by atoms with Gasteiger partial charge in [0.1, 0.15) is 0 Å². The van der Waals surface area contributed by atoms with Crippen molar-refractivity contribution in [3.63, 3.8) is 0 Å². The first-order valence-electron chi connectivity index (χ1n) is 8.92. The Morgan fingerprint density at radius 1 is 1.20 bits per heavy atom. The zero-order valence-corrected chi connectivity index (χ0v) is 14.3. The lowest BCUT2D eigenvalue weighted by Crippen LogP contribution is -2.44. The Balaban J connectivity index is 1.66. The molecule has 1 aliphatic carbocycles. The van der Waals surface area contributed by atoms with Gasteiger partial charge in [-0.1, -0.05) is 34.1 Å². The summed E-state index contributed by atoms with van der Waals surface area (Å²) in [6.45, 7) is 14.9. The summed E-state index contributed by atoms with van der Waals surface area (Å²) in [5.74, 6) is 1.62. The molecule has 2 fully saturated rings. The van der Waals surface area contributed by atoms with Gasteiger partial charge >= 0.3 is 0 Å². The highest BCUT2D eigenvalue weighted by Crippen LogP contribution is 2.38. The van der Waals surface area contributed by atoms with Crippen LogP contribution in [0.25, 0.3) is 0 Å². The molecule has 1 N–H and O–H groups in total. The molecule has 0 aromatic rings. The Morgan fingerprint density at radius 3 is 2.55 bits per heavy atom. The number of piperidine rings is 1. The van der Waals surface area contributed by atoms with E-state index in [0.29, 0.717) is 5.41 Å². The van der Waals surface area contributed by atoms with Crippen LogP contribution < -0.4 is 5.32 Å². The van der Waals surface area contributed by atoms with Gasteiger partial charge in [0.05, 0.1) is 0 Å². The van der Waals surface area contributed by atoms with E-state index in [9.17, 15) is 0 Å². The lowest BCUT2D eigenvalue weighted by atomic mass is 9.70. The van der Waals surface area contributed by atoms with Gasteiger partial charge in [-0.15, -0.1) is 0 Å². The van der Waals surface area contributed by atoms with E-state index in [4.69, 9.17) is 0 Å². The fourth-order valence-electron chi connectivity index (χ4n) is 4.25. The lowest BCUT2D eigenvalue weighted by Gasteiger charge is -2.40. The quantitative estimate of drug-likeness (QED) is 0.821. The number of likely N-dealkylation sites (tertiary alicyclic amines) is 1. The number of nitrogens with one attached hydrogen (secondary N) is 1. The fraction of sp³-hybridized carbons (Fsp3) is 1.00. The number of rotatable bonds is 5. The fourth-order valence-corrected chi connectivity index (χ4v) is 4.25. The van der Waals surface area contributed by atoms with Crippen molar-refractivity contribution in [3.8, 4) is 0 Å². The van der Waals surface area contributed by atoms with Gasteiger partial charge in [0.15, 0.2) is 0 Å². The smallest absolute Gasteiger partial charge is 0.00932 e. The lowest BCUT2D eigenvalue weighted by molar-refractivity contribution is 0.141. The molecule has 20 heavy (non-hydrogen) atoms. The molecule has 2 aliphatic rings. The Morgan fingerprint density at radius 2 is 1.90 bits per heavy atom.